The number of rotatable bonds is 5. The van der Waals surface area contributed by atoms with Crippen molar-refractivity contribution < 1.29 is 9.90 Å². The molecule has 0 spiro atoms. The number of nitriles is 1. The molecule has 5 nitrogen and oxygen atoms in total. The van der Waals surface area contributed by atoms with Gasteiger partial charge >= 0.3 is 0 Å². The van der Waals surface area contributed by atoms with Crippen LogP contribution in [0.3, 0.4) is 0 Å². The summed E-state index contributed by atoms with van der Waals surface area (Å²) in [5.74, 6) is -0.262. The predicted octanol–water partition coefficient (Wildman–Crippen LogP) is 10.3. The summed E-state index contributed by atoms with van der Waals surface area (Å²) in [5, 5.41) is 23.4. The molecule has 1 aliphatic rings. The Labute approximate surface area is 289 Å². The lowest BCUT2D eigenvalue weighted by Gasteiger charge is -2.23. The van der Waals surface area contributed by atoms with Gasteiger partial charge in [0.15, 0.2) is 6.23 Å². The van der Waals surface area contributed by atoms with Crippen LogP contribution in [0.5, 0.6) is 0 Å². The topological polar surface area (TPSA) is 69.3 Å². The number of anilines is 1. The molecule has 1 N–H and O–H groups in total. The highest BCUT2D eigenvalue weighted by atomic mass is 16.3. The van der Waals surface area contributed by atoms with Crippen molar-refractivity contribution in [3.05, 3.63) is 180 Å². The molecule has 0 bridgehead atoms. The molecule has 0 fully saturated rings. The Kier molecular flexibility index (Phi) is 6.91. The Morgan fingerprint density at radius 2 is 1.14 bits per heavy atom. The van der Waals surface area contributed by atoms with Crippen LogP contribution in [0.15, 0.2) is 164 Å². The van der Waals surface area contributed by atoms with Crippen LogP contribution in [0, 0.1) is 11.3 Å². The van der Waals surface area contributed by atoms with E-state index in [9.17, 15) is 15.2 Å². The van der Waals surface area contributed by atoms with Gasteiger partial charge in [0.25, 0.3) is 5.91 Å². The minimum absolute atomic E-state index is 0.262. The summed E-state index contributed by atoms with van der Waals surface area (Å²) in [6, 6.07) is 56.3. The van der Waals surface area contributed by atoms with Crippen molar-refractivity contribution in [1.29, 1.82) is 5.26 Å². The molecule has 5 heteroatoms. The average molecular weight is 644 g/mol. The molecule has 0 aliphatic carbocycles. The minimum Gasteiger partial charge on any atom is -0.369 e. The van der Waals surface area contributed by atoms with Gasteiger partial charge in [-0.2, -0.15) is 5.26 Å². The van der Waals surface area contributed by atoms with Gasteiger partial charge < -0.3 is 9.67 Å². The fourth-order valence-corrected chi connectivity index (χ4v) is 7.31. The van der Waals surface area contributed by atoms with Crippen molar-refractivity contribution in [2.45, 2.75) is 6.23 Å². The Morgan fingerprint density at radius 1 is 0.540 bits per heavy atom. The zero-order valence-electron chi connectivity index (χ0n) is 26.9. The average Bonchev–Trinajstić information content (AvgIpc) is 3.65. The summed E-state index contributed by atoms with van der Waals surface area (Å²) < 4.78 is 2.14. The number of para-hydroxylation sites is 1. The summed E-state index contributed by atoms with van der Waals surface area (Å²) in [7, 11) is 0. The second kappa shape index (κ2) is 11.7. The second-order valence-corrected chi connectivity index (χ2v) is 12.6. The number of hydrogen-bond donors (Lipinski definition) is 1. The Bertz CT molecular complexity index is 2580. The molecule has 7 aromatic carbocycles. The number of hydrogen-bond acceptors (Lipinski definition) is 3. The van der Waals surface area contributed by atoms with Crippen LogP contribution in [-0.2, 0) is 0 Å². The molecular formula is C45H29N3O2. The molecule has 1 unspecified atom stereocenters. The quantitative estimate of drug-likeness (QED) is 0.203. The molecule has 1 amide bonds. The molecule has 236 valence electrons. The summed E-state index contributed by atoms with van der Waals surface area (Å²) in [6.45, 7) is 0. The highest BCUT2D eigenvalue weighted by molar-refractivity contribution is 6.16. The van der Waals surface area contributed by atoms with Gasteiger partial charge in [0, 0.05) is 22.0 Å². The van der Waals surface area contributed by atoms with E-state index in [1.807, 2.05) is 103 Å². The van der Waals surface area contributed by atoms with E-state index < -0.39 is 6.23 Å². The van der Waals surface area contributed by atoms with Crippen molar-refractivity contribution >= 4 is 33.4 Å². The number of amides is 1. The van der Waals surface area contributed by atoms with Crippen LogP contribution in [0.2, 0.25) is 0 Å². The molecule has 1 aliphatic heterocycles. The van der Waals surface area contributed by atoms with Crippen LogP contribution in [-0.4, -0.2) is 15.6 Å². The van der Waals surface area contributed by atoms with Gasteiger partial charge in [0.1, 0.15) is 0 Å². The highest BCUT2D eigenvalue weighted by Gasteiger charge is 2.39. The number of aliphatic hydroxyl groups excluding tert-OH is 1. The first-order valence-corrected chi connectivity index (χ1v) is 16.5. The van der Waals surface area contributed by atoms with Crippen molar-refractivity contribution in [3.8, 4) is 45.1 Å². The summed E-state index contributed by atoms with van der Waals surface area (Å²) in [4.78, 5) is 16.3. The lowest BCUT2D eigenvalue weighted by atomic mass is 9.97. The third-order valence-electron chi connectivity index (χ3n) is 9.70. The fourth-order valence-electron chi connectivity index (χ4n) is 7.31. The van der Waals surface area contributed by atoms with E-state index in [2.05, 4.69) is 71.3 Å². The minimum atomic E-state index is -1.17. The molecule has 1 atom stereocenters. The van der Waals surface area contributed by atoms with E-state index in [1.54, 1.807) is 0 Å². The van der Waals surface area contributed by atoms with Crippen LogP contribution < -0.4 is 4.90 Å². The van der Waals surface area contributed by atoms with Crippen LogP contribution >= 0.6 is 0 Å². The molecule has 50 heavy (non-hydrogen) atoms. The first kappa shape index (κ1) is 29.4. The predicted molar refractivity (Wildman–Crippen MR) is 200 cm³/mol. The second-order valence-electron chi connectivity index (χ2n) is 12.6. The molecule has 9 rings (SSSR count). The summed E-state index contributed by atoms with van der Waals surface area (Å²) in [6.07, 6.45) is -1.17. The fraction of sp³-hybridized carbons (Fsp3) is 0.0222. The van der Waals surface area contributed by atoms with Gasteiger partial charge in [0.2, 0.25) is 0 Å². The van der Waals surface area contributed by atoms with E-state index in [0.717, 1.165) is 55.2 Å². The molecular weight excluding hydrogens is 615 g/mol. The van der Waals surface area contributed by atoms with Crippen LogP contribution in [0.25, 0.3) is 60.9 Å². The van der Waals surface area contributed by atoms with Crippen molar-refractivity contribution in [2.24, 2.45) is 0 Å². The third-order valence-corrected chi connectivity index (χ3v) is 9.70. The van der Waals surface area contributed by atoms with Gasteiger partial charge in [-0.1, -0.05) is 115 Å². The van der Waals surface area contributed by atoms with E-state index in [1.165, 1.54) is 4.90 Å². The summed E-state index contributed by atoms with van der Waals surface area (Å²) in [5.41, 5.74) is 10.8. The Balaban J connectivity index is 1.22. The number of nitrogens with zero attached hydrogens (tertiary/aromatic N) is 3. The van der Waals surface area contributed by atoms with Crippen molar-refractivity contribution in [2.75, 3.05) is 4.90 Å². The maximum Gasteiger partial charge on any atom is 0.263 e. The largest absolute Gasteiger partial charge is 0.369 e. The first-order valence-electron chi connectivity index (χ1n) is 16.5. The maximum absolute atomic E-state index is 14.8. The standard InChI is InChI=1S/C45H29N3O2/c46-28-29-18-20-32(21-19-29)33-22-23-38-37-14-7-8-16-40(37)48(42(38)27-33)41-17-9-15-39-43(41)45(50)47(44(39)49)36-25-34(30-10-3-1-4-11-30)24-35(26-36)31-12-5-2-6-13-31/h1-27,44,49H. The number of carbonyl (C=O) groups excluding carboxylic acids is 1. The van der Waals surface area contributed by atoms with E-state index in [0.29, 0.717) is 28.1 Å². The monoisotopic (exact) mass is 643 g/mol. The number of aliphatic hydroxyl groups is 1. The lowest BCUT2D eigenvalue weighted by molar-refractivity contribution is 0.0935. The van der Waals surface area contributed by atoms with Crippen molar-refractivity contribution in [1.82, 2.24) is 4.57 Å². The van der Waals surface area contributed by atoms with Crippen LogP contribution in [0.1, 0.15) is 27.7 Å². The molecule has 0 radical (unpaired) electrons. The Morgan fingerprint density at radius 3 is 1.82 bits per heavy atom. The third kappa shape index (κ3) is 4.70. The van der Waals surface area contributed by atoms with E-state index >= 15 is 0 Å². The SMILES string of the molecule is N#Cc1ccc(-c2ccc3c4ccccc4n(-c4cccc5c4C(=O)N(c4cc(-c6ccccc6)cc(-c6ccccc6)c4)C5O)c3c2)cc1. The van der Waals surface area contributed by atoms with Gasteiger partial charge in [0.05, 0.1) is 33.9 Å². The smallest absolute Gasteiger partial charge is 0.263 e. The van der Waals surface area contributed by atoms with Crippen molar-refractivity contribution in [3.63, 3.8) is 0 Å². The van der Waals surface area contributed by atoms with Gasteiger partial charge in [-0.15, -0.1) is 0 Å². The molecule has 0 saturated carbocycles. The molecule has 1 aromatic heterocycles. The van der Waals surface area contributed by atoms with E-state index in [4.69, 9.17) is 0 Å². The van der Waals surface area contributed by atoms with Gasteiger partial charge in [-0.3, -0.25) is 9.69 Å². The number of fused-ring (bicyclic) bond motifs is 4. The Hall–Kier alpha value is -6.74. The number of aromatic nitrogens is 1. The number of benzene rings is 7. The normalized spacial score (nSPS) is 13.9. The lowest BCUT2D eigenvalue weighted by Crippen LogP contribution is -2.27. The molecule has 8 aromatic rings. The zero-order chi connectivity index (χ0) is 33.8. The van der Waals surface area contributed by atoms with Crippen LogP contribution in [0.4, 0.5) is 5.69 Å². The zero-order valence-corrected chi connectivity index (χ0v) is 26.9. The molecule has 0 saturated heterocycles. The molecule has 2 heterocycles. The number of carbonyl (C=O) groups is 1. The summed E-state index contributed by atoms with van der Waals surface area (Å²) >= 11 is 0. The van der Waals surface area contributed by atoms with Gasteiger partial charge in [-0.05, 0) is 81.9 Å². The highest BCUT2D eigenvalue weighted by Crippen LogP contribution is 2.43. The van der Waals surface area contributed by atoms with E-state index in [-0.39, 0.29) is 5.91 Å². The maximum atomic E-state index is 14.8. The first-order chi connectivity index (χ1) is 24.6. The van der Waals surface area contributed by atoms with Gasteiger partial charge in [-0.25, -0.2) is 0 Å².